The van der Waals surface area contributed by atoms with Crippen LogP contribution in [0.1, 0.15) is 85.5 Å². The van der Waals surface area contributed by atoms with Gasteiger partial charge in [0.25, 0.3) is 0 Å². The first-order chi connectivity index (χ1) is 22.8. The number of ether oxygens (including phenoxy) is 3. The number of fused-ring (bicyclic) bond motifs is 2. The van der Waals surface area contributed by atoms with Gasteiger partial charge in [-0.15, -0.1) is 0 Å². The van der Waals surface area contributed by atoms with Crippen molar-refractivity contribution in [2.45, 2.75) is 146 Å². The SMILES string of the molecule is C\C1=C/C=C/C=C/C=C\C=C\C[C@@H]2C[C@H](O)C[C@@]3(C[C@H](O)C[C@H](/C=C/C[C@@H](O)C[C@@H](O)C[C@H](O)C[C@H](O)[C@H](C)[C@H](C(C)C)OC1=O)O3)O2. The molecule has 10 heteroatoms. The monoisotopic (exact) mass is 674 g/mol. The predicted octanol–water partition coefficient (Wildman–Crippen LogP) is 4.10. The fourth-order valence-corrected chi connectivity index (χ4v) is 6.68. The Balaban J connectivity index is 1.75. The minimum Gasteiger partial charge on any atom is -0.458 e. The van der Waals surface area contributed by atoms with Crippen LogP contribution in [0.15, 0.2) is 72.4 Å². The fourth-order valence-electron chi connectivity index (χ4n) is 6.68. The maximum Gasteiger partial charge on any atom is 0.334 e. The van der Waals surface area contributed by atoms with Gasteiger partial charge in [0, 0.05) is 37.2 Å². The van der Waals surface area contributed by atoms with E-state index in [1.165, 1.54) is 0 Å². The van der Waals surface area contributed by atoms with E-state index in [-0.39, 0.29) is 50.5 Å². The second-order valence-corrected chi connectivity index (χ2v) is 14.0. The summed E-state index contributed by atoms with van der Waals surface area (Å²) in [5.74, 6) is -2.16. The Hall–Kier alpha value is -2.41. The number of aliphatic hydroxyl groups is 6. The standard InChI is InChI=1S/C38H58O10/c1-25(2)36-27(4)35(44)22-30(41)19-29(40)18-28(39)15-13-17-34-21-32(43)24-38(48-34)23-31(42)20-33(47-38)16-12-10-8-6-5-7-9-11-14-26(3)37(45)46-36/h5-14,17,25,27-36,39-44H,15-16,18-24H2,1-4H3/b7-5+,8-6-,11-9+,12-10+,17-13+,26-14+/t27-,28+,29+,30-,31-,32+,33+,34-,35-,36-,38+/m0/s1. The summed E-state index contributed by atoms with van der Waals surface area (Å²) in [6, 6.07) is 0. The van der Waals surface area contributed by atoms with Gasteiger partial charge in [-0.3, -0.25) is 0 Å². The number of carbonyl (C=O) groups is 1. The molecule has 3 heterocycles. The third-order valence-corrected chi connectivity index (χ3v) is 9.14. The molecule has 48 heavy (non-hydrogen) atoms. The van der Waals surface area contributed by atoms with Crippen LogP contribution >= 0.6 is 0 Å². The van der Waals surface area contributed by atoms with E-state index in [9.17, 15) is 35.4 Å². The van der Waals surface area contributed by atoms with E-state index in [1.54, 1.807) is 44.2 Å². The lowest BCUT2D eigenvalue weighted by Crippen LogP contribution is -2.54. The fraction of sp³-hybridized carbons (Fsp3) is 0.658. The second kappa shape index (κ2) is 19.7. The van der Waals surface area contributed by atoms with Crippen LogP contribution in [0, 0.1) is 11.8 Å². The molecule has 3 aliphatic heterocycles. The van der Waals surface area contributed by atoms with E-state index in [2.05, 4.69) is 0 Å². The number of hydrogen-bond donors (Lipinski definition) is 6. The first-order valence-electron chi connectivity index (χ1n) is 17.4. The van der Waals surface area contributed by atoms with Crippen LogP contribution in [-0.2, 0) is 19.0 Å². The van der Waals surface area contributed by atoms with Gasteiger partial charge >= 0.3 is 5.97 Å². The average Bonchev–Trinajstić information content (AvgIpc) is 2.98. The molecule has 11 atom stereocenters. The summed E-state index contributed by atoms with van der Waals surface area (Å²) >= 11 is 0. The minimum absolute atomic E-state index is 0.0207. The van der Waals surface area contributed by atoms with E-state index in [0.29, 0.717) is 24.8 Å². The van der Waals surface area contributed by atoms with E-state index in [4.69, 9.17) is 14.2 Å². The van der Waals surface area contributed by atoms with Crippen LogP contribution in [0.2, 0.25) is 0 Å². The molecule has 0 aromatic rings. The molecule has 0 aliphatic carbocycles. The van der Waals surface area contributed by atoms with Crippen molar-refractivity contribution in [2.75, 3.05) is 0 Å². The number of cyclic esters (lactones) is 1. The lowest BCUT2D eigenvalue weighted by Gasteiger charge is -2.48. The van der Waals surface area contributed by atoms with E-state index in [0.717, 1.165) is 0 Å². The smallest absolute Gasteiger partial charge is 0.334 e. The second-order valence-electron chi connectivity index (χ2n) is 14.0. The van der Waals surface area contributed by atoms with Gasteiger partial charge in [-0.25, -0.2) is 4.79 Å². The third-order valence-electron chi connectivity index (χ3n) is 9.14. The van der Waals surface area contributed by atoms with Crippen LogP contribution in [0.4, 0.5) is 0 Å². The number of carbonyl (C=O) groups excluding carboxylic acids is 1. The normalized spacial score (nSPS) is 43.1. The molecule has 1 spiro atoms. The maximum absolute atomic E-state index is 12.8. The number of rotatable bonds is 1. The Morgan fingerprint density at radius 1 is 0.708 bits per heavy atom. The zero-order valence-corrected chi connectivity index (χ0v) is 28.9. The molecule has 0 aromatic carbocycles. The molecule has 270 valence electrons. The molecule has 3 bridgehead atoms. The van der Waals surface area contributed by atoms with E-state index >= 15 is 0 Å². The van der Waals surface area contributed by atoms with Gasteiger partial charge in [0.05, 0.1) is 48.8 Å². The molecular weight excluding hydrogens is 616 g/mol. The van der Waals surface area contributed by atoms with Crippen molar-refractivity contribution in [3.63, 3.8) is 0 Å². The van der Waals surface area contributed by atoms with E-state index < -0.39 is 66.5 Å². The summed E-state index contributed by atoms with van der Waals surface area (Å²) in [5.41, 5.74) is 0.405. The molecule has 0 unspecified atom stereocenters. The third kappa shape index (κ3) is 13.5. The van der Waals surface area contributed by atoms with Crippen molar-refractivity contribution >= 4 is 5.97 Å². The van der Waals surface area contributed by atoms with Crippen LogP contribution in [-0.4, -0.2) is 97.3 Å². The highest BCUT2D eigenvalue weighted by Crippen LogP contribution is 2.40. The molecule has 0 saturated carbocycles. The van der Waals surface area contributed by atoms with Gasteiger partial charge in [0.15, 0.2) is 5.79 Å². The van der Waals surface area contributed by atoms with Gasteiger partial charge in [-0.05, 0) is 44.9 Å². The van der Waals surface area contributed by atoms with Crippen molar-refractivity contribution in [3.8, 4) is 0 Å². The summed E-state index contributed by atoms with van der Waals surface area (Å²) in [6.45, 7) is 7.24. The maximum atomic E-state index is 12.8. The minimum atomic E-state index is -1.11. The zero-order chi connectivity index (χ0) is 35.3. The molecule has 2 fully saturated rings. The molecule has 3 aliphatic rings. The van der Waals surface area contributed by atoms with Crippen LogP contribution < -0.4 is 0 Å². The Kier molecular flexibility index (Phi) is 16.4. The molecule has 0 aromatic heterocycles. The Morgan fingerprint density at radius 2 is 1.31 bits per heavy atom. The zero-order valence-electron chi connectivity index (χ0n) is 28.9. The molecule has 10 nitrogen and oxygen atoms in total. The molecule has 3 rings (SSSR count). The Morgan fingerprint density at radius 3 is 2.00 bits per heavy atom. The topological polar surface area (TPSA) is 166 Å². The summed E-state index contributed by atoms with van der Waals surface area (Å²) in [6.07, 6.45) is 15.5. The van der Waals surface area contributed by atoms with Gasteiger partial charge < -0.3 is 44.8 Å². The van der Waals surface area contributed by atoms with Gasteiger partial charge in [0.2, 0.25) is 0 Å². The highest BCUT2D eigenvalue weighted by atomic mass is 16.7. The molecule has 0 radical (unpaired) electrons. The van der Waals surface area contributed by atoms with Gasteiger partial charge in [0.1, 0.15) is 6.10 Å². The van der Waals surface area contributed by atoms with Crippen LogP contribution in [0.25, 0.3) is 0 Å². The van der Waals surface area contributed by atoms with Crippen molar-refractivity contribution < 1.29 is 49.6 Å². The number of allylic oxidation sites excluding steroid dienone is 8. The molecule has 0 amide bonds. The van der Waals surface area contributed by atoms with Crippen LogP contribution in [0.3, 0.4) is 0 Å². The number of aliphatic hydroxyl groups excluding tert-OH is 6. The lowest BCUT2D eigenvalue weighted by molar-refractivity contribution is -0.331. The molecule has 2 saturated heterocycles. The summed E-state index contributed by atoms with van der Waals surface area (Å²) in [7, 11) is 0. The van der Waals surface area contributed by atoms with Gasteiger partial charge in [-0.2, -0.15) is 0 Å². The highest BCUT2D eigenvalue weighted by molar-refractivity contribution is 5.88. The van der Waals surface area contributed by atoms with Crippen molar-refractivity contribution in [3.05, 3.63) is 72.4 Å². The summed E-state index contributed by atoms with van der Waals surface area (Å²) < 4.78 is 18.4. The first-order valence-corrected chi connectivity index (χ1v) is 17.4. The first kappa shape index (κ1) is 40.0. The van der Waals surface area contributed by atoms with Crippen molar-refractivity contribution in [2.24, 2.45) is 11.8 Å². The Bertz CT molecular complexity index is 1170. The van der Waals surface area contributed by atoms with Crippen molar-refractivity contribution in [1.82, 2.24) is 0 Å². The predicted molar refractivity (Wildman–Crippen MR) is 183 cm³/mol. The summed E-state index contributed by atoms with van der Waals surface area (Å²) in [5, 5.41) is 64.0. The van der Waals surface area contributed by atoms with Crippen molar-refractivity contribution in [1.29, 1.82) is 0 Å². The molecule has 6 N–H and O–H groups in total. The van der Waals surface area contributed by atoms with E-state index in [1.807, 2.05) is 50.3 Å². The Labute approximate surface area is 285 Å². The number of hydrogen-bond acceptors (Lipinski definition) is 10. The largest absolute Gasteiger partial charge is 0.458 e. The average molecular weight is 675 g/mol. The lowest BCUT2D eigenvalue weighted by atomic mass is 9.86. The summed E-state index contributed by atoms with van der Waals surface area (Å²) in [4.78, 5) is 12.8. The number of esters is 1. The molecular formula is C38H58O10. The quantitative estimate of drug-likeness (QED) is 0.176. The highest BCUT2D eigenvalue weighted by Gasteiger charge is 2.47. The van der Waals surface area contributed by atoms with Gasteiger partial charge in [-0.1, -0.05) is 87.6 Å². The van der Waals surface area contributed by atoms with Crippen LogP contribution in [0.5, 0.6) is 0 Å².